The molecule has 3 heteroatoms. The lowest BCUT2D eigenvalue weighted by molar-refractivity contribution is 0.414. The van der Waals surface area contributed by atoms with Crippen molar-refractivity contribution in [1.82, 2.24) is 5.32 Å². The largest absolute Gasteiger partial charge is 0.497 e. The number of fused-ring (bicyclic) bond motifs is 1. The lowest BCUT2D eigenvalue weighted by Crippen LogP contribution is -2.21. The van der Waals surface area contributed by atoms with Crippen molar-refractivity contribution in [3.63, 3.8) is 0 Å². The fraction of sp³-hybridized carbons (Fsp3) is 0.333. The lowest BCUT2D eigenvalue weighted by Gasteiger charge is -2.14. The molecule has 0 aromatic heterocycles. The van der Waals surface area contributed by atoms with E-state index in [2.05, 4.69) is 29.6 Å². The summed E-state index contributed by atoms with van der Waals surface area (Å²) in [6, 6.07) is 15.0. The van der Waals surface area contributed by atoms with Gasteiger partial charge in [0, 0.05) is 11.1 Å². The van der Waals surface area contributed by atoms with Crippen LogP contribution in [0.5, 0.6) is 5.75 Å². The molecule has 0 bridgehead atoms. The quantitative estimate of drug-likeness (QED) is 0.895. The summed E-state index contributed by atoms with van der Waals surface area (Å²) in [6.07, 6.45) is 3.32. The van der Waals surface area contributed by atoms with Gasteiger partial charge in [0.1, 0.15) is 5.75 Å². The predicted octanol–water partition coefficient (Wildman–Crippen LogP) is 4.17. The molecule has 3 rings (SSSR count). The zero-order valence-corrected chi connectivity index (χ0v) is 13.0. The molecule has 0 fully saturated rings. The number of rotatable bonds is 5. The molecule has 1 N–H and O–H groups in total. The Kier molecular flexibility index (Phi) is 4.47. The molecule has 0 aliphatic heterocycles. The Hall–Kier alpha value is -1.51. The van der Waals surface area contributed by atoms with Crippen molar-refractivity contribution in [2.24, 2.45) is 0 Å². The number of hydrogen-bond donors (Lipinski definition) is 1. The second kappa shape index (κ2) is 6.50. The minimum absolute atomic E-state index is 0.468. The van der Waals surface area contributed by atoms with Crippen molar-refractivity contribution >= 4 is 11.6 Å². The number of benzene rings is 2. The average molecular weight is 302 g/mol. The highest BCUT2D eigenvalue weighted by Gasteiger charge is 2.21. The SMILES string of the molecule is COc1ccc(CCNC2CCc3cc(Cl)ccc32)cc1. The first-order chi connectivity index (χ1) is 10.3. The first-order valence-electron chi connectivity index (χ1n) is 7.41. The molecular formula is C18H20ClNO. The third-order valence-corrected chi connectivity index (χ3v) is 4.38. The molecule has 21 heavy (non-hydrogen) atoms. The normalized spacial score (nSPS) is 16.8. The first-order valence-corrected chi connectivity index (χ1v) is 7.78. The van der Waals surface area contributed by atoms with Gasteiger partial charge in [-0.15, -0.1) is 0 Å². The zero-order valence-electron chi connectivity index (χ0n) is 12.2. The fourth-order valence-electron chi connectivity index (χ4n) is 2.98. The number of nitrogens with one attached hydrogen (secondary N) is 1. The fourth-order valence-corrected chi connectivity index (χ4v) is 3.18. The molecule has 0 heterocycles. The van der Waals surface area contributed by atoms with Crippen molar-refractivity contribution in [3.8, 4) is 5.75 Å². The van der Waals surface area contributed by atoms with Crippen LogP contribution in [-0.4, -0.2) is 13.7 Å². The van der Waals surface area contributed by atoms with Gasteiger partial charge in [0.05, 0.1) is 7.11 Å². The monoisotopic (exact) mass is 301 g/mol. The van der Waals surface area contributed by atoms with Crippen molar-refractivity contribution < 1.29 is 4.74 Å². The standard InChI is InChI=1S/C18H20ClNO/c1-21-16-6-2-13(3-7-16)10-11-20-18-9-4-14-12-15(19)5-8-17(14)18/h2-3,5-8,12,18,20H,4,9-11H2,1H3. The number of methoxy groups -OCH3 is 1. The van der Waals surface area contributed by atoms with Crippen molar-refractivity contribution in [1.29, 1.82) is 0 Å². The highest BCUT2D eigenvalue weighted by molar-refractivity contribution is 6.30. The summed E-state index contributed by atoms with van der Waals surface area (Å²) in [5.41, 5.74) is 4.14. The number of halogens is 1. The summed E-state index contributed by atoms with van der Waals surface area (Å²) >= 11 is 6.05. The minimum Gasteiger partial charge on any atom is -0.497 e. The molecule has 0 amide bonds. The van der Waals surface area contributed by atoms with Crippen molar-refractivity contribution in [3.05, 3.63) is 64.2 Å². The zero-order chi connectivity index (χ0) is 14.7. The summed E-state index contributed by atoms with van der Waals surface area (Å²) < 4.78 is 5.18. The molecule has 1 unspecified atom stereocenters. The van der Waals surface area contributed by atoms with Crippen LogP contribution in [0, 0.1) is 0 Å². The van der Waals surface area contributed by atoms with Gasteiger partial charge in [0.25, 0.3) is 0 Å². The van der Waals surface area contributed by atoms with E-state index < -0.39 is 0 Å². The molecular weight excluding hydrogens is 282 g/mol. The summed E-state index contributed by atoms with van der Waals surface area (Å²) in [5.74, 6) is 0.910. The van der Waals surface area contributed by atoms with Gasteiger partial charge >= 0.3 is 0 Å². The van der Waals surface area contributed by atoms with Crippen LogP contribution >= 0.6 is 11.6 Å². The average Bonchev–Trinajstić information content (AvgIpc) is 2.90. The van der Waals surface area contributed by atoms with Gasteiger partial charge in [0.2, 0.25) is 0 Å². The Bertz CT molecular complexity index is 609. The maximum atomic E-state index is 6.05. The van der Waals surface area contributed by atoms with Gasteiger partial charge in [-0.3, -0.25) is 0 Å². The highest BCUT2D eigenvalue weighted by atomic mass is 35.5. The Balaban J connectivity index is 1.55. The van der Waals surface area contributed by atoms with Gasteiger partial charge < -0.3 is 10.1 Å². The lowest BCUT2D eigenvalue weighted by atomic mass is 10.1. The van der Waals surface area contributed by atoms with E-state index in [9.17, 15) is 0 Å². The molecule has 1 aliphatic rings. The van der Waals surface area contributed by atoms with E-state index >= 15 is 0 Å². The molecule has 1 aliphatic carbocycles. The van der Waals surface area contributed by atoms with Gasteiger partial charge in [-0.05, 0) is 66.8 Å². The minimum atomic E-state index is 0.468. The maximum Gasteiger partial charge on any atom is 0.118 e. The van der Waals surface area contributed by atoms with E-state index in [-0.39, 0.29) is 0 Å². The van der Waals surface area contributed by atoms with Crippen LogP contribution in [0.3, 0.4) is 0 Å². The molecule has 2 aromatic rings. The summed E-state index contributed by atoms with van der Waals surface area (Å²) in [7, 11) is 1.69. The van der Waals surface area contributed by atoms with Gasteiger partial charge in [-0.25, -0.2) is 0 Å². The van der Waals surface area contributed by atoms with Gasteiger partial charge in [0.15, 0.2) is 0 Å². The number of ether oxygens (including phenoxy) is 1. The third-order valence-electron chi connectivity index (χ3n) is 4.15. The smallest absolute Gasteiger partial charge is 0.118 e. The number of hydrogen-bond acceptors (Lipinski definition) is 2. The van der Waals surface area contributed by atoms with E-state index in [0.29, 0.717) is 6.04 Å². The Morgan fingerprint density at radius 3 is 2.76 bits per heavy atom. The molecule has 0 radical (unpaired) electrons. The Morgan fingerprint density at radius 2 is 2.00 bits per heavy atom. The van der Waals surface area contributed by atoms with Gasteiger partial charge in [-0.1, -0.05) is 29.8 Å². The molecule has 110 valence electrons. The van der Waals surface area contributed by atoms with E-state index in [4.69, 9.17) is 16.3 Å². The van der Waals surface area contributed by atoms with Crippen LogP contribution in [0.25, 0.3) is 0 Å². The van der Waals surface area contributed by atoms with Crippen molar-refractivity contribution in [2.75, 3.05) is 13.7 Å². The molecule has 0 saturated heterocycles. The third kappa shape index (κ3) is 3.39. The molecule has 2 nitrogen and oxygen atoms in total. The predicted molar refractivity (Wildman–Crippen MR) is 87.2 cm³/mol. The van der Waals surface area contributed by atoms with E-state index in [1.807, 2.05) is 18.2 Å². The topological polar surface area (TPSA) is 21.3 Å². The number of aryl methyl sites for hydroxylation is 1. The Morgan fingerprint density at radius 1 is 1.19 bits per heavy atom. The highest BCUT2D eigenvalue weighted by Crippen LogP contribution is 2.32. The van der Waals surface area contributed by atoms with Crippen LogP contribution < -0.4 is 10.1 Å². The van der Waals surface area contributed by atoms with Crippen LogP contribution in [0.4, 0.5) is 0 Å². The van der Waals surface area contributed by atoms with E-state index in [1.165, 1.54) is 16.7 Å². The summed E-state index contributed by atoms with van der Waals surface area (Å²) in [4.78, 5) is 0. The molecule has 1 atom stereocenters. The van der Waals surface area contributed by atoms with Crippen LogP contribution in [0.1, 0.15) is 29.2 Å². The summed E-state index contributed by atoms with van der Waals surface area (Å²) in [6.45, 7) is 0.985. The van der Waals surface area contributed by atoms with Crippen LogP contribution in [-0.2, 0) is 12.8 Å². The maximum absolute atomic E-state index is 6.05. The molecule has 0 spiro atoms. The molecule has 2 aromatic carbocycles. The summed E-state index contributed by atoms with van der Waals surface area (Å²) in [5, 5.41) is 4.50. The Labute approximate surface area is 131 Å². The second-order valence-electron chi connectivity index (χ2n) is 5.49. The second-order valence-corrected chi connectivity index (χ2v) is 5.92. The molecule has 0 saturated carbocycles. The van der Waals surface area contributed by atoms with Crippen LogP contribution in [0.2, 0.25) is 5.02 Å². The van der Waals surface area contributed by atoms with Crippen molar-refractivity contribution in [2.45, 2.75) is 25.3 Å². The van der Waals surface area contributed by atoms with E-state index in [1.54, 1.807) is 7.11 Å². The van der Waals surface area contributed by atoms with Gasteiger partial charge in [-0.2, -0.15) is 0 Å². The first kappa shape index (κ1) is 14.4. The van der Waals surface area contributed by atoms with E-state index in [0.717, 1.165) is 36.6 Å². The van der Waals surface area contributed by atoms with Crippen LogP contribution in [0.15, 0.2) is 42.5 Å².